The molecule has 0 N–H and O–H groups in total. The summed E-state index contributed by atoms with van der Waals surface area (Å²) in [5, 5.41) is 8.96. The van der Waals surface area contributed by atoms with E-state index in [0.29, 0.717) is 28.6 Å². The Morgan fingerprint density at radius 2 is 2.03 bits per heavy atom. The fraction of sp³-hybridized carbons (Fsp3) is 0.174. The van der Waals surface area contributed by atoms with Crippen LogP contribution in [0.1, 0.15) is 23.6 Å². The first-order valence-electron chi connectivity index (χ1n) is 9.41. The molecule has 31 heavy (non-hydrogen) atoms. The number of nitrogens with zero attached hydrogens (tertiary/aromatic N) is 2. The van der Waals surface area contributed by atoms with Gasteiger partial charge in [-0.15, -0.1) is 6.58 Å². The fourth-order valence-electron chi connectivity index (χ4n) is 2.92. The van der Waals surface area contributed by atoms with E-state index in [4.69, 9.17) is 9.47 Å². The summed E-state index contributed by atoms with van der Waals surface area (Å²) in [5.41, 5.74) is 2.06. The van der Waals surface area contributed by atoms with Gasteiger partial charge in [-0.25, -0.2) is 0 Å². The van der Waals surface area contributed by atoms with E-state index in [-0.39, 0.29) is 24.3 Å². The number of carbonyl (C=O) groups excluding carboxylic acids is 2. The molecule has 1 heterocycles. The highest BCUT2D eigenvalue weighted by molar-refractivity contribution is 14.1. The maximum Gasteiger partial charge on any atom is 0.293 e. The number of hydrogen-bond donors (Lipinski definition) is 0. The van der Waals surface area contributed by atoms with Crippen molar-refractivity contribution < 1.29 is 19.1 Å². The van der Waals surface area contributed by atoms with Crippen LogP contribution in [0.25, 0.3) is 6.08 Å². The topological polar surface area (TPSA) is 79.6 Å². The third-order valence-corrected chi connectivity index (χ3v) is 6.03. The number of hydrogen-bond acceptors (Lipinski definition) is 6. The molecule has 0 aromatic heterocycles. The average molecular weight is 546 g/mol. The van der Waals surface area contributed by atoms with Crippen LogP contribution < -0.4 is 9.47 Å². The highest BCUT2D eigenvalue weighted by Gasteiger charge is 2.34. The summed E-state index contributed by atoms with van der Waals surface area (Å²) < 4.78 is 12.6. The summed E-state index contributed by atoms with van der Waals surface area (Å²) in [5.74, 6) is 0.754. The van der Waals surface area contributed by atoms with Crippen molar-refractivity contribution in [2.24, 2.45) is 0 Å². The Morgan fingerprint density at radius 1 is 1.26 bits per heavy atom. The van der Waals surface area contributed by atoms with Crippen LogP contribution in [0.4, 0.5) is 4.79 Å². The fourth-order valence-corrected chi connectivity index (χ4v) is 4.55. The Hall–Kier alpha value is -2.77. The second-order valence-electron chi connectivity index (χ2n) is 6.40. The molecule has 0 aliphatic carbocycles. The second-order valence-corrected chi connectivity index (χ2v) is 8.56. The lowest BCUT2D eigenvalue weighted by Gasteiger charge is -2.15. The van der Waals surface area contributed by atoms with Crippen molar-refractivity contribution in [3.05, 3.63) is 74.2 Å². The summed E-state index contributed by atoms with van der Waals surface area (Å²) in [6, 6.07) is 13.1. The summed E-state index contributed by atoms with van der Waals surface area (Å²) in [4.78, 5) is 26.0. The van der Waals surface area contributed by atoms with E-state index >= 15 is 0 Å². The molecule has 0 radical (unpaired) electrons. The molecule has 6 nitrogen and oxygen atoms in total. The first-order chi connectivity index (χ1) is 15.0. The standard InChI is InChI=1S/C23H19IN2O4S/c1-3-9-26-22(27)20(31-23(26)28)12-15-10-18(24)21(19(11-15)29-4-2)30-14-17-8-6-5-7-16(17)13-25/h3,5-8,10-12H,1,4,9,14H2,2H3/b20-12+. The highest BCUT2D eigenvalue weighted by atomic mass is 127. The van der Waals surface area contributed by atoms with Gasteiger partial charge in [0.1, 0.15) is 6.61 Å². The van der Waals surface area contributed by atoms with Gasteiger partial charge in [-0.3, -0.25) is 14.5 Å². The van der Waals surface area contributed by atoms with Gasteiger partial charge < -0.3 is 9.47 Å². The molecule has 158 valence electrons. The number of benzene rings is 2. The van der Waals surface area contributed by atoms with Crippen LogP contribution in [-0.2, 0) is 11.4 Å². The third-order valence-electron chi connectivity index (χ3n) is 4.32. The zero-order chi connectivity index (χ0) is 22.4. The first kappa shape index (κ1) is 22.9. The van der Waals surface area contributed by atoms with Crippen LogP contribution in [-0.4, -0.2) is 29.2 Å². The van der Waals surface area contributed by atoms with E-state index in [9.17, 15) is 14.9 Å². The summed E-state index contributed by atoms with van der Waals surface area (Å²) in [6.07, 6.45) is 3.19. The Bertz CT molecular complexity index is 1110. The largest absolute Gasteiger partial charge is 0.490 e. The SMILES string of the molecule is C=CCN1C(=O)S/C(=C/c2cc(I)c(OCc3ccccc3C#N)c(OCC)c2)C1=O. The van der Waals surface area contributed by atoms with Crippen molar-refractivity contribution in [2.75, 3.05) is 13.2 Å². The minimum absolute atomic E-state index is 0.181. The molecule has 1 saturated heterocycles. The van der Waals surface area contributed by atoms with Gasteiger partial charge in [0.2, 0.25) is 0 Å². The predicted molar refractivity (Wildman–Crippen MR) is 129 cm³/mol. The van der Waals surface area contributed by atoms with Crippen molar-refractivity contribution in [3.8, 4) is 17.6 Å². The average Bonchev–Trinajstić information content (AvgIpc) is 3.01. The zero-order valence-electron chi connectivity index (χ0n) is 16.8. The summed E-state index contributed by atoms with van der Waals surface area (Å²) >= 11 is 3.05. The van der Waals surface area contributed by atoms with Crippen molar-refractivity contribution in [3.63, 3.8) is 0 Å². The molecular weight excluding hydrogens is 527 g/mol. The lowest BCUT2D eigenvalue weighted by atomic mass is 10.1. The molecule has 2 aromatic carbocycles. The number of nitriles is 1. The molecule has 3 rings (SSSR count). The van der Waals surface area contributed by atoms with Crippen molar-refractivity contribution in [1.82, 2.24) is 4.90 Å². The van der Waals surface area contributed by atoms with Crippen LogP contribution >= 0.6 is 34.4 Å². The van der Waals surface area contributed by atoms with Gasteiger partial charge in [0, 0.05) is 12.1 Å². The van der Waals surface area contributed by atoms with E-state index < -0.39 is 0 Å². The predicted octanol–water partition coefficient (Wildman–Crippen LogP) is 5.36. The molecule has 0 spiro atoms. The molecule has 2 aromatic rings. The lowest BCUT2D eigenvalue weighted by molar-refractivity contribution is -0.122. The lowest BCUT2D eigenvalue weighted by Crippen LogP contribution is -2.27. The van der Waals surface area contributed by atoms with E-state index in [2.05, 4.69) is 35.2 Å². The highest BCUT2D eigenvalue weighted by Crippen LogP contribution is 2.38. The number of carbonyl (C=O) groups is 2. The molecular formula is C23H19IN2O4S. The Morgan fingerprint density at radius 3 is 2.74 bits per heavy atom. The number of halogens is 1. The quantitative estimate of drug-likeness (QED) is 0.252. The van der Waals surface area contributed by atoms with Crippen LogP contribution in [0.3, 0.4) is 0 Å². The molecule has 8 heteroatoms. The molecule has 0 saturated carbocycles. The van der Waals surface area contributed by atoms with Gasteiger partial charge in [0.15, 0.2) is 11.5 Å². The minimum atomic E-state index is -0.337. The van der Waals surface area contributed by atoms with Gasteiger partial charge in [0.05, 0.1) is 26.7 Å². The first-order valence-corrected chi connectivity index (χ1v) is 11.3. The molecule has 0 atom stereocenters. The second kappa shape index (κ2) is 10.5. The Labute approximate surface area is 198 Å². The van der Waals surface area contributed by atoms with E-state index in [0.717, 1.165) is 31.4 Å². The Balaban J connectivity index is 1.89. The van der Waals surface area contributed by atoms with Crippen molar-refractivity contribution in [1.29, 1.82) is 5.26 Å². The number of thioether (sulfide) groups is 1. The maximum absolute atomic E-state index is 12.5. The van der Waals surface area contributed by atoms with Gasteiger partial charge in [-0.05, 0) is 71.1 Å². The summed E-state index contributed by atoms with van der Waals surface area (Å²) in [7, 11) is 0. The van der Waals surface area contributed by atoms with Crippen molar-refractivity contribution in [2.45, 2.75) is 13.5 Å². The summed E-state index contributed by atoms with van der Waals surface area (Å²) in [6.45, 7) is 6.29. The minimum Gasteiger partial charge on any atom is -0.490 e. The number of ether oxygens (including phenoxy) is 2. The molecule has 1 aliphatic rings. The van der Waals surface area contributed by atoms with E-state index in [1.54, 1.807) is 18.2 Å². The van der Waals surface area contributed by atoms with Gasteiger partial charge in [0.25, 0.3) is 11.1 Å². The zero-order valence-corrected chi connectivity index (χ0v) is 19.7. The molecule has 0 unspecified atom stereocenters. The van der Waals surface area contributed by atoms with Crippen molar-refractivity contribution >= 4 is 51.6 Å². The molecule has 2 amide bonds. The number of rotatable bonds is 8. The molecule has 1 aliphatic heterocycles. The van der Waals surface area contributed by atoms with Crippen LogP contribution in [0.2, 0.25) is 0 Å². The van der Waals surface area contributed by atoms with E-state index in [1.165, 1.54) is 6.08 Å². The smallest absolute Gasteiger partial charge is 0.293 e. The normalized spacial score (nSPS) is 14.6. The third kappa shape index (κ3) is 5.29. The molecule has 0 bridgehead atoms. The van der Waals surface area contributed by atoms with Crippen LogP contribution in [0.15, 0.2) is 54.0 Å². The van der Waals surface area contributed by atoms with E-state index in [1.807, 2.05) is 31.2 Å². The maximum atomic E-state index is 12.5. The number of imide groups is 1. The number of amides is 2. The van der Waals surface area contributed by atoms with Crippen LogP contribution in [0.5, 0.6) is 11.5 Å². The van der Waals surface area contributed by atoms with Gasteiger partial charge in [-0.1, -0.05) is 24.3 Å². The van der Waals surface area contributed by atoms with Gasteiger partial charge >= 0.3 is 0 Å². The molecule has 1 fully saturated rings. The Kier molecular flexibility index (Phi) is 7.76. The van der Waals surface area contributed by atoms with Gasteiger partial charge in [-0.2, -0.15) is 5.26 Å². The van der Waals surface area contributed by atoms with Crippen LogP contribution in [0, 0.1) is 14.9 Å². The monoisotopic (exact) mass is 546 g/mol.